The third-order valence-corrected chi connectivity index (χ3v) is 4.85. The second-order valence-electron chi connectivity index (χ2n) is 6.57. The molecule has 1 heterocycles. The van der Waals surface area contributed by atoms with E-state index in [9.17, 15) is 0 Å². The molecule has 2 aromatic rings. The van der Waals surface area contributed by atoms with Crippen LogP contribution in [0.15, 0.2) is 48.0 Å². The van der Waals surface area contributed by atoms with Crippen LogP contribution in [0.25, 0.3) is 0 Å². The molecule has 1 fully saturated rings. The Hall–Kier alpha value is -2.01. The summed E-state index contributed by atoms with van der Waals surface area (Å²) >= 11 is 6.15. The molecule has 0 unspecified atom stereocenters. The number of hydrogen-bond donors (Lipinski definition) is 2. The van der Waals surface area contributed by atoms with E-state index in [1.54, 1.807) is 0 Å². The molecule has 0 radical (unpaired) electrons. The normalized spacial score (nSPS) is 15.8. The highest BCUT2D eigenvalue weighted by Crippen LogP contribution is 2.48. The lowest BCUT2D eigenvalue weighted by molar-refractivity contribution is 0.622. The van der Waals surface area contributed by atoms with Gasteiger partial charge in [-0.2, -0.15) is 0 Å². The smallest absolute Gasteiger partial charge is 0.191 e. The van der Waals surface area contributed by atoms with Gasteiger partial charge in [-0.05, 0) is 43.9 Å². The van der Waals surface area contributed by atoms with Crippen molar-refractivity contribution in [3.8, 4) is 0 Å². The fourth-order valence-corrected chi connectivity index (χ4v) is 3.16. The molecule has 2 N–H and O–H groups in total. The topological polar surface area (TPSA) is 54.2 Å². The molecule has 1 saturated carbocycles. The van der Waals surface area contributed by atoms with Gasteiger partial charge in [-0.1, -0.05) is 23.7 Å². The van der Waals surface area contributed by atoms with Crippen molar-refractivity contribution < 1.29 is 0 Å². The van der Waals surface area contributed by atoms with Gasteiger partial charge < -0.3 is 15.2 Å². The van der Waals surface area contributed by atoms with Gasteiger partial charge in [0.05, 0.1) is 12.9 Å². The Morgan fingerprint density at radius 1 is 1.36 bits per heavy atom. The second-order valence-corrected chi connectivity index (χ2v) is 7.00. The predicted octanol–water partition coefficient (Wildman–Crippen LogP) is 3.21. The van der Waals surface area contributed by atoms with Crippen LogP contribution in [0.1, 0.15) is 31.7 Å². The minimum atomic E-state index is 0.171. The van der Waals surface area contributed by atoms with Crippen LogP contribution in [0, 0.1) is 0 Å². The van der Waals surface area contributed by atoms with Crippen LogP contribution in [-0.4, -0.2) is 35.1 Å². The molecule has 1 aliphatic rings. The maximum Gasteiger partial charge on any atom is 0.191 e. The quantitative estimate of drug-likeness (QED) is 0.432. The van der Waals surface area contributed by atoms with Crippen LogP contribution >= 0.6 is 11.6 Å². The van der Waals surface area contributed by atoms with E-state index in [1.165, 1.54) is 18.4 Å². The van der Waals surface area contributed by atoms with Crippen LogP contribution in [0.3, 0.4) is 0 Å². The van der Waals surface area contributed by atoms with E-state index in [0.29, 0.717) is 0 Å². The molecule has 1 aliphatic carbocycles. The standard InChI is InChI=1S/C19H26ClN5/c1-2-22-18(23-9-4-11-25-12-10-21-15-25)24-14-19(7-8-19)16-5-3-6-17(20)13-16/h3,5-6,10,12-13,15H,2,4,7-9,11,14H2,1H3,(H2,22,23,24). The molecule has 0 spiro atoms. The van der Waals surface area contributed by atoms with Crippen LogP contribution in [-0.2, 0) is 12.0 Å². The van der Waals surface area contributed by atoms with Crippen LogP contribution in [0.5, 0.6) is 0 Å². The minimum absolute atomic E-state index is 0.171. The number of hydrogen-bond acceptors (Lipinski definition) is 2. The predicted molar refractivity (Wildman–Crippen MR) is 103 cm³/mol. The molecule has 25 heavy (non-hydrogen) atoms. The average Bonchev–Trinajstić information content (AvgIpc) is 3.23. The first-order chi connectivity index (χ1) is 12.2. The Morgan fingerprint density at radius 3 is 2.92 bits per heavy atom. The zero-order valence-corrected chi connectivity index (χ0v) is 15.5. The van der Waals surface area contributed by atoms with Crippen molar-refractivity contribution in [2.45, 2.75) is 38.1 Å². The summed E-state index contributed by atoms with van der Waals surface area (Å²) in [6, 6.07) is 8.20. The van der Waals surface area contributed by atoms with Crippen LogP contribution in [0.2, 0.25) is 5.02 Å². The first-order valence-electron chi connectivity index (χ1n) is 8.96. The first-order valence-corrected chi connectivity index (χ1v) is 9.34. The Kier molecular flexibility index (Phi) is 5.97. The molecular weight excluding hydrogens is 334 g/mol. The number of halogens is 1. The van der Waals surface area contributed by atoms with Crippen molar-refractivity contribution in [3.63, 3.8) is 0 Å². The largest absolute Gasteiger partial charge is 0.357 e. The highest BCUT2D eigenvalue weighted by Gasteiger charge is 2.44. The molecule has 134 valence electrons. The number of aliphatic imine (C=N–C) groups is 1. The molecular formula is C19H26ClN5. The Morgan fingerprint density at radius 2 is 2.24 bits per heavy atom. The van der Waals surface area contributed by atoms with Crippen molar-refractivity contribution in [3.05, 3.63) is 53.6 Å². The van der Waals surface area contributed by atoms with Gasteiger partial charge in [0.15, 0.2) is 5.96 Å². The first kappa shape index (κ1) is 17.8. The summed E-state index contributed by atoms with van der Waals surface area (Å²) in [7, 11) is 0. The third-order valence-electron chi connectivity index (χ3n) is 4.62. The number of aromatic nitrogens is 2. The van der Waals surface area contributed by atoms with E-state index < -0.39 is 0 Å². The molecule has 0 bridgehead atoms. The van der Waals surface area contributed by atoms with Gasteiger partial charge in [0.25, 0.3) is 0 Å². The van der Waals surface area contributed by atoms with E-state index in [-0.39, 0.29) is 5.41 Å². The van der Waals surface area contributed by atoms with Crippen molar-refractivity contribution >= 4 is 17.6 Å². The van der Waals surface area contributed by atoms with Gasteiger partial charge in [-0.15, -0.1) is 0 Å². The number of aryl methyl sites for hydroxylation is 1. The number of nitrogens with zero attached hydrogens (tertiary/aromatic N) is 3. The summed E-state index contributed by atoms with van der Waals surface area (Å²) in [6.45, 7) is 5.58. The lowest BCUT2D eigenvalue weighted by Crippen LogP contribution is -2.38. The van der Waals surface area contributed by atoms with Crippen LogP contribution < -0.4 is 10.6 Å². The molecule has 0 saturated heterocycles. The van der Waals surface area contributed by atoms with E-state index >= 15 is 0 Å². The van der Waals surface area contributed by atoms with Gasteiger partial charge in [0.2, 0.25) is 0 Å². The summed E-state index contributed by atoms with van der Waals surface area (Å²) in [5.41, 5.74) is 1.48. The van der Waals surface area contributed by atoms with Crippen molar-refractivity contribution in [2.75, 3.05) is 19.6 Å². The molecule has 0 amide bonds. The number of imidazole rings is 1. The summed E-state index contributed by atoms with van der Waals surface area (Å²) in [4.78, 5) is 8.88. The lowest BCUT2D eigenvalue weighted by atomic mass is 9.96. The maximum absolute atomic E-state index is 6.15. The van der Waals surface area contributed by atoms with Crippen molar-refractivity contribution in [1.29, 1.82) is 0 Å². The number of rotatable bonds is 8. The maximum atomic E-state index is 6.15. The van der Waals surface area contributed by atoms with E-state index in [0.717, 1.165) is 43.6 Å². The fourth-order valence-electron chi connectivity index (χ4n) is 2.97. The highest BCUT2D eigenvalue weighted by atomic mass is 35.5. The second kappa shape index (κ2) is 8.39. The Balaban J connectivity index is 1.53. The number of benzene rings is 1. The van der Waals surface area contributed by atoms with Gasteiger partial charge in [-0.25, -0.2) is 4.98 Å². The van der Waals surface area contributed by atoms with Crippen molar-refractivity contribution in [2.24, 2.45) is 4.99 Å². The number of guanidine groups is 1. The molecule has 3 rings (SSSR count). The fraction of sp³-hybridized carbons (Fsp3) is 0.474. The zero-order chi connectivity index (χ0) is 17.5. The van der Waals surface area contributed by atoms with Crippen molar-refractivity contribution in [1.82, 2.24) is 20.2 Å². The highest BCUT2D eigenvalue weighted by molar-refractivity contribution is 6.30. The summed E-state index contributed by atoms with van der Waals surface area (Å²) in [5, 5.41) is 7.56. The summed E-state index contributed by atoms with van der Waals surface area (Å²) < 4.78 is 2.09. The van der Waals surface area contributed by atoms with E-state index in [2.05, 4.69) is 39.2 Å². The zero-order valence-electron chi connectivity index (χ0n) is 14.7. The molecule has 5 nitrogen and oxygen atoms in total. The SMILES string of the molecule is CCNC(=NCC1(c2cccc(Cl)c2)CC1)NCCCn1ccnc1. The van der Waals surface area contributed by atoms with Crippen LogP contribution in [0.4, 0.5) is 0 Å². The average molecular weight is 360 g/mol. The Labute approximate surface area is 154 Å². The molecule has 0 atom stereocenters. The third kappa shape index (κ3) is 4.98. The molecule has 1 aromatic heterocycles. The van der Waals surface area contributed by atoms with Gasteiger partial charge in [0.1, 0.15) is 0 Å². The summed E-state index contributed by atoms with van der Waals surface area (Å²) in [6.07, 6.45) is 9.03. The van der Waals surface area contributed by atoms with E-state index in [1.807, 2.05) is 30.9 Å². The molecule has 6 heteroatoms. The molecule has 0 aliphatic heterocycles. The lowest BCUT2D eigenvalue weighted by Gasteiger charge is -2.16. The minimum Gasteiger partial charge on any atom is -0.357 e. The molecule has 1 aromatic carbocycles. The summed E-state index contributed by atoms with van der Waals surface area (Å²) in [5.74, 6) is 0.890. The van der Waals surface area contributed by atoms with Gasteiger partial charge >= 0.3 is 0 Å². The Bertz CT molecular complexity index is 692. The van der Waals surface area contributed by atoms with Gasteiger partial charge in [0, 0.05) is 42.5 Å². The number of nitrogens with one attached hydrogen (secondary N) is 2. The van der Waals surface area contributed by atoms with E-state index in [4.69, 9.17) is 16.6 Å². The van der Waals surface area contributed by atoms with Gasteiger partial charge in [-0.3, -0.25) is 4.99 Å². The monoisotopic (exact) mass is 359 g/mol.